The molecule has 2 rings (SSSR count). The molecule has 1 aliphatic carbocycles. The van der Waals surface area contributed by atoms with Crippen LogP contribution in [0.1, 0.15) is 77.1 Å². The van der Waals surface area contributed by atoms with Crippen molar-refractivity contribution in [1.29, 1.82) is 0 Å². The zero-order chi connectivity index (χ0) is 21.0. The van der Waals surface area contributed by atoms with Crippen LogP contribution < -0.4 is 5.32 Å². The van der Waals surface area contributed by atoms with Crippen molar-refractivity contribution in [3.05, 3.63) is 88.7 Å². The predicted molar refractivity (Wildman–Crippen MR) is 125 cm³/mol. The van der Waals surface area contributed by atoms with Gasteiger partial charge in [-0.1, -0.05) is 77.3 Å². The Hall–Kier alpha value is -2.28. The van der Waals surface area contributed by atoms with E-state index in [1.54, 1.807) is 0 Å². The molecule has 1 nitrogen and oxygen atoms in total. The van der Waals surface area contributed by atoms with Crippen LogP contribution in [0.4, 0.5) is 0 Å². The number of aryl methyl sites for hydroxylation is 1. The molecule has 0 saturated carbocycles. The van der Waals surface area contributed by atoms with E-state index in [2.05, 4.69) is 90.9 Å². The summed E-state index contributed by atoms with van der Waals surface area (Å²) >= 11 is 0. The molecule has 28 heavy (non-hydrogen) atoms. The van der Waals surface area contributed by atoms with Crippen molar-refractivity contribution in [3.63, 3.8) is 0 Å². The van der Waals surface area contributed by atoms with Gasteiger partial charge in [0.05, 0.1) is 0 Å². The first-order chi connectivity index (χ1) is 13.2. The van der Waals surface area contributed by atoms with Crippen molar-refractivity contribution >= 4 is 5.57 Å². The first-order valence-corrected chi connectivity index (χ1v) is 10.6. The first-order valence-electron chi connectivity index (χ1n) is 10.6. The maximum Gasteiger partial charge on any atom is 0.0488 e. The van der Waals surface area contributed by atoms with Gasteiger partial charge in [0.2, 0.25) is 0 Å². The van der Waals surface area contributed by atoms with Crippen LogP contribution in [0.25, 0.3) is 5.57 Å². The van der Waals surface area contributed by atoms with E-state index in [4.69, 9.17) is 0 Å². The highest BCUT2D eigenvalue weighted by atomic mass is 14.9. The molecule has 2 atom stereocenters. The average Bonchev–Trinajstić information content (AvgIpc) is 2.99. The molecule has 0 aromatic heterocycles. The quantitative estimate of drug-likeness (QED) is 0.436. The van der Waals surface area contributed by atoms with Gasteiger partial charge in [0.25, 0.3) is 0 Å². The molecule has 0 heterocycles. The molecule has 0 bridgehead atoms. The molecule has 1 aromatic rings. The minimum atomic E-state index is 0.178. The zero-order valence-electron chi connectivity index (χ0n) is 18.7. The zero-order valence-corrected chi connectivity index (χ0v) is 18.7. The molecule has 0 radical (unpaired) electrons. The van der Waals surface area contributed by atoms with E-state index >= 15 is 0 Å². The standard InChI is InChI=1S/C27H37N/c1-10-17(4)24-13-14-26(23(11-2)16-24)22(9)28-21(8)19(6)27-15-18(5)25(12-3)20(27)7/h13-16,18,22,28H,4,6,8,10-12H2,1-3,5,7,9H3. The summed E-state index contributed by atoms with van der Waals surface area (Å²) in [6.45, 7) is 26.1. The van der Waals surface area contributed by atoms with Crippen LogP contribution in [0, 0.1) is 5.92 Å². The highest BCUT2D eigenvalue weighted by Gasteiger charge is 2.22. The Morgan fingerprint density at radius 1 is 1.11 bits per heavy atom. The third-order valence-electron chi connectivity index (χ3n) is 6.14. The molecule has 2 unspecified atom stereocenters. The first kappa shape index (κ1) is 22.0. The highest BCUT2D eigenvalue weighted by molar-refractivity contribution is 5.64. The van der Waals surface area contributed by atoms with Gasteiger partial charge in [-0.25, -0.2) is 0 Å². The van der Waals surface area contributed by atoms with Crippen LogP contribution >= 0.6 is 0 Å². The number of hydrogen-bond donors (Lipinski definition) is 1. The minimum absolute atomic E-state index is 0.178. The van der Waals surface area contributed by atoms with Crippen molar-refractivity contribution in [2.24, 2.45) is 5.92 Å². The van der Waals surface area contributed by atoms with Crippen LogP contribution in [-0.2, 0) is 6.42 Å². The summed E-state index contributed by atoms with van der Waals surface area (Å²) < 4.78 is 0. The SMILES string of the molecule is C=C(NC(C)c1ccc(C(=C)CC)cc1CC)C(=C)C1=CC(C)C(CC)=C1C. The van der Waals surface area contributed by atoms with Crippen molar-refractivity contribution in [3.8, 4) is 0 Å². The molecule has 0 amide bonds. The second kappa shape index (κ2) is 9.28. The van der Waals surface area contributed by atoms with Crippen LogP contribution in [0.5, 0.6) is 0 Å². The van der Waals surface area contributed by atoms with Crippen molar-refractivity contribution < 1.29 is 0 Å². The molecule has 0 aliphatic heterocycles. The van der Waals surface area contributed by atoms with Gasteiger partial charge in [0, 0.05) is 11.7 Å². The molecular weight excluding hydrogens is 338 g/mol. The maximum absolute atomic E-state index is 4.35. The van der Waals surface area contributed by atoms with E-state index in [1.807, 2.05) is 0 Å². The van der Waals surface area contributed by atoms with Gasteiger partial charge in [0.1, 0.15) is 0 Å². The fourth-order valence-electron chi connectivity index (χ4n) is 4.25. The highest BCUT2D eigenvalue weighted by Crippen LogP contribution is 2.37. The lowest BCUT2D eigenvalue weighted by Crippen LogP contribution is -2.20. The Morgan fingerprint density at radius 3 is 2.32 bits per heavy atom. The summed E-state index contributed by atoms with van der Waals surface area (Å²) in [5.74, 6) is 0.493. The van der Waals surface area contributed by atoms with Gasteiger partial charge in [-0.15, -0.1) is 0 Å². The number of nitrogens with one attached hydrogen (secondary N) is 1. The molecular formula is C27H37N. The Balaban J connectivity index is 2.19. The number of rotatable bonds is 9. The Bertz CT molecular complexity index is 847. The number of allylic oxidation sites excluding steroid dienone is 5. The van der Waals surface area contributed by atoms with Gasteiger partial charge in [-0.3, -0.25) is 0 Å². The van der Waals surface area contributed by atoms with E-state index in [9.17, 15) is 0 Å². The summed E-state index contributed by atoms with van der Waals surface area (Å²) in [5.41, 5.74) is 11.2. The Labute approximate surface area is 172 Å². The molecule has 1 N–H and O–H groups in total. The van der Waals surface area contributed by atoms with Gasteiger partial charge in [-0.2, -0.15) is 0 Å². The van der Waals surface area contributed by atoms with E-state index in [0.717, 1.165) is 30.5 Å². The van der Waals surface area contributed by atoms with Crippen molar-refractivity contribution in [2.45, 2.75) is 66.8 Å². The molecule has 150 valence electrons. The third-order valence-corrected chi connectivity index (χ3v) is 6.14. The summed E-state index contributed by atoms with van der Waals surface area (Å²) in [4.78, 5) is 0. The van der Waals surface area contributed by atoms with Crippen LogP contribution in [-0.4, -0.2) is 0 Å². The van der Waals surface area contributed by atoms with E-state index in [1.165, 1.54) is 39.0 Å². The molecule has 0 fully saturated rings. The third kappa shape index (κ3) is 4.41. The van der Waals surface area contributed by atoms with Gasteiger partial charge >= 0.3 is 0 Å². The summed E-state index contributed by atoms with van der Waals surface area (Å²) in [7, 11) is 0. The molecule has 0 saturated heterocycles. The Kier molecular flexibility index (Phi) is 7.29. The van der Waals surface area contributed by atoms with Gasteiger partial charge in [0.15, 0.2) is 0 Å². The molecule has 1 heteroatoms. The lowest BCUT2D eigenvalue weighted by Gasteiger charge is -2.23. The fourth-order valence-corrected chi connectivity index (χ4v) is 4.25. The lowest BCUT2D eigenvalue weighted by atomic mass is 9.93. The summed E-state index contributed by atoms with van der Waals surface area (Å²) in [6, 6.07) is 6.90. The maximum atomic E-state index is 4.35. The monoisotopic (exact) mass is 375 g/mol. The Morgan fingerprint density at radius 2 is 1.79 bits per heavy atom. The van der Waals surface area contributed by atoms with E-state index < -0.39 is 0 Å². The average molecular weight is 376 g/mol. The number of hydrogen-bond acceptors (Lipinski definition) is 1. The number of benzene rings is 1. The van der Waals surface area contributed by atoms with Crippen LogP contribution in [0.15, 0.2) is 72.0 Å². The largest absolute Gasteiger partial charge is 0.379 e. The molecule has 1 aliphatic rings. The van der Waals surface area contributed by atoms with Gasteiger partial charge < -0.3 is 5.32 Å². The predicted octanol–water partition coefficient (Wildman–Crippen LogP) is 7.70. The minimum Gasteiger partial charge on any atom is -0.379 e. The van der Waals surface area contributed by atoms with Crippen molar-refractivity contribution in [1.82, 2.24) is 5.32 Å². The summed E-state index contributed by atoms with van der Waals surface area (Å²) in [6.07, 6.45) is 5.40. The smallest absolute Gasteiger partial charge is 0.0488 e. The molecule has 1 aromatic carbocycles. The van der Waals surface area contributed by atoms with Crippen LogP contribution in [0.3, 0.4) is 0 Å². The van der Waals surface area contributed by atoms with Crippen LogP contribution in [0.2, 0.25) is 0 Å². The topological polar surface area (TPSA) is 12.0 Å². The van der Waals surface area contributed by atoms with E-state index in [-0.39, 0.29) is 6.04 Å². The lowest BCUT2D eigenvalue weighted by molar-refractivity contribution is 0.655. The second-order valence-corrected chi connectivity index (χ2v) is 7.92. The fraction of sp³-hybridized carbons (Fsp3) is 0.407. The summed E-state index contributed by atoms with van der Waals surface area (Å²) in [5, 5.41) is 3.60. The van der Waals surface area contributed by atoms with Gasteiger partial charge in [-0.05, 0) is 78.0 Å². The van der Waals surface area contributed by atoms with Crippen molar-refractivity contribution in [2.75, 3.05) is 0 Å². The normalized spacial score (nSPS) is 17.4. The second-order valence-electron chi connectivity index (χ2n) is 7.92. The molecule has 0 spiro atoms. The van der Waals surface area contributed by atoms with E-state index in [0.29, 0.717) is 5.92 Å².